The van der Waals surface area contributed by atoms with Crippen LogP contribution in [0.5, 0.6) is 0 Å². The van der Waals surface area contributed by atoms with Gasteiger partial charge < -0.3 is 10.4 Å². The maximum atomic E-state index is 10.6. The predicted octanol–water partition coefficient (Wildman–Crippen LogP) is 0.360. The van der Waals surface area contributed by atoms with Crippen molar-refractivity contribution in [3.63, 3.8) is 0 Å². The minimum absolute atomic E-state index is 0.104. The Hall–Kier alpha value is -1.25. The smallest absolute Gasteiger partial charge is 0.309 e. The molecule has 0 radical (unpaired) electrons. The van der Waals surface area contributed by atoms with Crippen LogP contribution in [0.25, 0.3) is 0 Å². The lowest BCUT2D eigenvalue weighted by Crippen LogP contribution is -2.20. The second-order valence-corrected chi connectivity index (χ2v) is 2.86. The first-order chi connectivity index (χ1) is 5.29. The van der Waals surface area contributed by atoms with Gasteiger partial charge in [0, 0.05) is 18.2 Å². The summed E-state index contributed by atoms with van der Waals surface area (Å²) in [5, 5.41) is 11.8. The molecule has 58 valence electrons. The van der Waals surface area contributed by atoms with Gasteiger partial charge in [-0.3, -0.25) is 4.79 Å². The van der Waals surface area contributed by atoms with Crippen molar-refractivity contribution in [3.8, 4) is 0 Å². The van der Waals surface area contributed by atoms with Crippen molar-refractivity contribution in [3.05, 3.63) is 23.9 Å². The fraction of sp³-hybridized carbons (Fsp3) is 0.375. The summed E-state index contributed by atoms with van der Waals surface area (Å²) in [5.41, 5.74) is 1.05. The molecule has 0 spiro atoms. The van der Waals surface area contributed by atoms with Crippen LogP contribution in [0.15, 0.2) is 23.9 Å². The highest BCUT2D eigenvalue weighted by molar-refractivity contribution is 5.73. The molecule has 0 bridgehead atoms. The fourth-order valence-electron chi connectivity index (χ4n) is 1.62. The van der Waals surface area contributed by atoms with Gasteiger partial charge in [-0.25, -0.2) is 0 Å². The third-order valence-corrected chi connectivity index (χ3v) is 2.23. The van der Waals surface area contributed by atoms with Crippen LogP contribution in [0.2, 0.25) is 0 Å². The highest BCUT2D eigenvalue weighted by Crippen LogP contribution is 2.30. The summed E-state index contributed by atoms with van der Waals surface area (Å²) in [5.74, 6) is -0.870. The van der Waals surface area contributed by atoms with E-state index in [4.69, 9.17) is 5.11 Å². The van der Waals surface area contributed by atoms with Gasteiger partial charge in [0.1, 0.15) is 0 Å². The third-order valence-electron chi connectivity index (χ3n) is 2.23. The van der Waals surface area contributed by atoms with Crippen LogP contribution in [0, 0.1) is 11.8 Å². The molecule has 0 aromatic rings. The molecule has 11 heavy (non-hydrogen) atoms. The summed E-state index contributed by atoms with van der Waals surface area (Å²) in [6.07, 6.45) is 5.78. The van der Waals surface area contributed by atoms with Gasteiger partial charge in [-0.15, -0.1) is 0 Å². The molecular weight excluding hydrogens is 142 g/mol. The Morgan fingerprint density at radius 2 is 2.55 bits per heavy atom. The molecule has 1 aliphatic carbocycles. The van der Waals surface area contributed by atoms with Gasteiger partial charge >= 0.3 is 5.97 Å². The molecule has 1 aliphatic heterocycles. The Morgan fingerprint density at radius 1 is 1.73 bits per heavy atom. The lowest BCUT2D eigenvalue weighted by atomic mass is 9.96. The molecule has 2 aliphatic rings. The van der Waals surface area contributed by atoms with E-state index in [1.165, 1.54) is 0 Å². The number of carbonyl (C=O) groups is 1. The zero-order valence-electron chi connectivity index (χ0n) is 5.95. The SMILES string of the molecule is O=C(O)C1CNC2=CC=CC21. The van der Waals surface area contributed by atoms with Gasteiger partial charge in [-0.05, 0) is 6.08 Å². The van der Waals surface area contributed by atoms with Gasteiger partial charge in [0.2, 0.25) is 0 Å². The van der Waals surface area contributed by atoms with E-state index in [1.807, 2.05) is 18.2 Å². The van der Waals surface area contributed by atoms with Crippen molar-refractivity contribution in [1.82, 2.24) is 5.32 Å². The summed E-state index contributed by atoms with van der Waals surface area (Å²) < 4.78 is 0. The van der Waals surface area contributed by atoms with Crippen molar-refractivity contribution in [2.24, 2.45) is 11.8 Å². The molecule has 0 aromatic heterocycles. The molecule has 2 unspecified atom stereocenters. The summed E-state index contributed by atoms with van der Waals surface area (Å²) >= 11 is 0. The molecular formula is C8H9NO2. The second-order valence-electron chi connectivity index (χ2n) is 2.86. The minimum atomic E-state index is -0.711. The van der Waals surface area contributed by atoms with Gasteiger partial charge in [-0.2, -0.15) is 0 Å². The molecule has 0 saturated carbocycles. The Bertz CT molecular complexity index is 255. The minimum Gasteiger partial charge on any atom is -0.481 e. The van der Waals surface area contributed by atoms with Crippen molar-refractivity contribution < 1.29 is 9.90 Å². The summed E-state index contributed by atoms with van der Waals surface area (Å²) in [7, 11) is 0. The van der Waals surface area contributed by atoms with Crippen LogP contribution in [0.3, 0.4) is 0 Å². The number of hydrogen-bond donors (Lipinski definition) is 2. The Labute approximate surface area is 64.4 Å². The van der Waals surface area contributed by atoms with Crippen LogP contribution in [-0.2, 0) is 4.79 Å². The van der Waals surface area contributed by atoms with E-state index >= 15 is 0 Å². The topological polar surface area (TPSA) is 49.3 Å². The number of carboxylic acid groups (broad SMARTS) is 1. The second kappa shape index (κ2) is 2.12. The van der Waals surface area contributed by atoms with E-state index in [0.717, 1.165) is 5.70 Å². The molecule has 2 N–H and O–H groups in total. The number of nitrogens with one attached hydrogen (secondary N) is 1. The van der Waals surface area contributed by atoms with Gasteiger partial charge in [-0.1, -0.05) is 12.2 Å². The van der Waals surface area contributed by atoms with Crippen molar-refractivity contribution >= 4 is 5.97 Å². The van der Waals surface area contributed by atoms with E-state index in [1.54, 1.807) is 0 Å². The molecule has 1 saturated heterocycles. The van der Waals surface area contributed by atoms with E-state index in [2.05, 4.69) is 5.32 Å². The monoisotopic (exact) mass is 151 g/mol. The molecule has 0 aromatic carbocycles. The van der Waals surface area contributed by atoms with Crippen LogP contribution in [0.1, 0.15) is 0 Å². The third kappa shape index (κ3) is 0.843. The van der Waals surface area contributed by atoms with Crippen LogP contribution in [0.4, 0.5) is 0 Å². The Balaban J connectivity index is 2.22. The maximum absolute atomic E-state index is 10.6. The van der Waals surface area contributed by atoms with E-state index in [-0.39, 0.29) is 11.8 Å². The summed E-state index contributed by atoms with van der Waals surface area (Å²) in [4.78, 5) is 10.6. The Kier molecular flexibility index (Phi) is 1.24. The van der Waals surface area contributed by atoms with Crippen molar-refractivity contribution in [1.29, 1.82) is 0 Å². The first-order valence-electron chi connectivity index (χ1n) is 3.64. The average molecular weight is 151 g/mol. The lowest BCUT2D eigenvalue weighted by molar-refractivity contribution is -0.141. The van der Waals surface area contributed by atoms with Crippen LogP contribution >= 0.6 is 0 Å². The number of fused-ring (bicyclic) bond motifs is 1. The first kappa shape index (κ1) is 6.46. The van der Waals surface area contributed by atoms with Crippen molar-refractivity contribution in [2.75, 3.05) is 6.54 Å². The number of aliphatic carboxylic acids is 1. The number of rotatable bonds is 1. The summed E-state index contributed by atoms with van der Waals surface area (Å²) in [6.45, 7) is 0.566. The van der Waals surface area contributed by atoms with E-state index < -0.39 is 5.97 Å². The zero-order valence-corrected chi connectivity index (χ0v) is 5.95. The van der Waals surface area contributed by atoms with Gasteiger partial charge in [0.05, 0.1) is 5.92 Å². The molecule has 0 amide bonds. The lowest BCUT2D eigenvalue weighted by Gasteiger charge is -2.06. The van der Waals surface area contributed by atoms with E-state index in [9.17, 15) is 4.79 Å². The molecule has 2 atom stereocenters. The standard InChI is InChI=1S/C8H9NO2/c10-8(11)6-4-9-7-3-1-2-5(6)7/h1-3,5-6,9H,4H2,(H,10,11). The van der Waals surface area contributed by atoms with Crippen LogP contribution < -0.4 is 5.32 Å². The van der Waals surface area contributed by atoms with Gasteiger partial charge in [0.15, 0.2) is 0 Å². The highest BCUT2D eigenvalue weighted by Gasteiger charge is 2.35. The molecule has 3 heteroatoms. The van der Waals surface area contributed by atoms with E-state index in [0.29, 0.717) is 6.54 Å². The highest BCUT2D eigenvalue weighted by atomic mass is 16.4. The van der Waals surface area contributed by atoms with Crippen molar-refractivity contribution in [2.45, 2.75) is 0 Å². The largest absolute Gasteiger partial charge is 0.481 e. The molecule has 1 heterocycles. The average Bonchev–Trinajstić information content (AvgIpc) is 2.41. The molecule has 1 fully saturated rings. The summed E-state index contributed by atoms with van der Waals surface area (Å²) in [6, 6.07) is 0. The van der Waals surface area contributed by atoms with Crippen LogP contribution in [-0.4, -0.2) is 17.6 Å². The number of carboxylic acids is 1. The number of allylic oxidation sites excluding steroid dienone is 3. The number of hydrogen-bond acceptors (Lipinski definition) is 2. The maximum Gasteiger partial charge on any atom is 0.309 e. The predicted molar refractivity (Wildman–Crippen MR) is 39.8 cm³/mol. The normalized spacial score (nSPS) is 32.9. The fourth-order valence-corrected chi connectivity index (χ4v) is 1.62. The molecule has 3 nitrogen and oxygen atoms in total. The van der Waals surface area contributed by atoms with Gasteiger partial charge in [0.25, 0.3) is 0 Å². The first-order valence-corrected chi connectivity index (χ1v) is 3.64. The molecule has 2 rings (SSSR count). The zero-order chi connectivity index (χ0) is 7.84. The Morgan fingerprint density at radius 3 is 3.27 bits per heavy atom. The quantitative estimate of drug-likeness (QED) is 0.569.